The van der Waals surface area contributed by atoms with Crippen LogP contribution in [-0.4, -0.2) is 12.7 Å². The number of halogens is 2. The maximum absolute atomic E-state index is 6.08. The number of ether oxygens (including phenoxy) is 1. The van der Waals surface area contributed by atoms with Gasteiger partial charge in [0.05, 0.1) is 14.3 Å². The molecule has 0 aliphatic heterocycles. The fourth-order valence-corrected chi connectivity index (χ4v) is 2.96. The Hall–Kier alpha value is 0.200. The summed E-state index contributed by atoms with van der Waals surface area (Å²) in [6, 6.07) is 1.77. The lowest BCUT2D eigenvalue weighted by Crippen LogP contribution is -2.24. The molecule has 0 saturated heterocycles. The maximum atomic E-state index is 6.08. The predicted molar refractivity (Wildman–Crippen MR) is 71.6 cm³/mol. The summed E-state index contributed by atoms with van der Waals surface area (Å²) in [6.07, 6.45) is 1.71. The van der Waals surface area contributed by atoms with Crippen molar-refractivity contribution in [2.45, 2.75) is 38.3 Å². The molecule has 0 bridgehead atoms. The van der Waals surface area contributed by atoms with Crippen LogP contribution in [-0.2, 0) is 4.74 Å². The quantitative estimate of drug-likeness (QED) is 0.875. The van der Waals surface area contributed by atoms with E-state index in [0.29, 0.717) is 8.67 Å². The highest BCUT2D eigenvalue weighted by atomic mass is 35.5. The van der Waals surface area contributed by atoms with E-state index in [0.717, 1.165) is 18.4 Å². The average molecular weight is 282 g/mol. The molecule has 92 valence electrons. The Labute approximate surface area is 111 Å². The number of nitrogens with two attached hydrogens (primary N) is 1. The highest BCUT2D eigenvalue weighted by Crippen LogP contribution is 2.36. The van der Waals surface area contributed by atoms with Crippen LogP contribution in [0, 0.1) is 0 Å². The third kappa shape index (κ3) is 3.90. The molecule has 5 heteroatoms. The summed E-state index contributed by atoms with van der Waals surface area (Å²) in [5.74, 6) is 0. The van der Waals surface area contributed by atoms with Crippen molar-refractivity contribution in [3.63, 3.8) is 0 Å². The van der Waals surface area contributed by atoms with Gasteiger partial charge >= 0.3 is 0 Å². The molecule has 0 amide bonds. The van der Waals surface area contributed by atoms with Gasteiger partial charge < -0.3 is 10.5 Å². The predicted octanol–water partition coefficient (Wildman–Crippen LogP) is 4.26. The first-order chi connectivity index (χ1) is 7.35. The Bertz CT molecular complexity index is 352. The van der Waals surface area contributed by atoms with E-state index in [9.17, 15) is 0 Å². The highest BCUT2D eigenvalue weighted by Gasteiger charge is 2.20. The Balaban J connectivity index is 2.59. The molecule has 1 unspecified atom stereocenters. The van der Waals surface area contributed by atoms with Gasteiger partial charge in [-0.25, -0.2) is 0 Å². The zero-order valence-electron chi connectivity index (χ0n) is 9.72. The minimum absolute atomic E-state index is 0.0781. The minimum atomic E-state index is -0.149. The zero-order chi connectivity index (χ0) is 12.3. The normalized spacial score (nSPS) is 14.1. The molecule has 0 radical (unpaired) electrons. The van der Waals surface area contributed by atoms with E-state index in [1.807, 2.05) is 19.9 Å². The fraction of sp³-hybridized carbons (Fsp3) is 0.636. The number of hydrogen-bond acceptors (Lipinski definition) is 3. The summed E-state index contributed by atoms with van der Waals surface area (Å²) in [5, 5.41) is 0. The number of rotatable bonds is 5. The van der Waals surface area contributed by atoms with Gasteiger partial charge in [0.2, 0.25) is 0 Å². The van der Waals surface area contributed by atoms with E-state index < -0.39 is 0 Å². The molecular weight excluding hydrogens is 265 g/mol. The summed E-state index contributed by atoms with van der Waals surface area (Å²) in [5.41, 5.74) is 6.86. The molecule has 1 atom stereocenters. The van der Waals surface area contributed by atoms with Crippen LogP contribution < -0.4 is 5.73 Å². The second-order valence-electron chi connectivity index (χ2n) is 4.39. The van der Waals surface area contributed by atoms with Crippen LogP contribution in [0.15, 0.2) is 6.07 Å². The van der Waals surface area contributed by atoms with E-state index in [1.54, 1.807) is 7.11 Å². The maximum Gasteiger partial charge on any atom is 0.0991 e. The number of thiophene rings is 1. The summed E-state index contributed by atoms with van der Waals surface area (Å²) < 4.78 is 6.72. The number of hydrogen-bond donors (Lipinski definition) is 1. The SMILES string of the molecule is COC(C)(C)CCC(N)c1cc(Cl)sc1Cl. The van der Waals surface area contributed by atoms with Crippen LogP contribution in [0.3, 0.4) is 0 Å². The molecule has 0 aromatic carbocycles. The van der Waals surface area contributed by atoms with Gasteiger partial charge in [-0.1, -0.05) is 23.2 Å². The van der Waals surface area contributed by atoms with Crippen LogP contribution >= 0.6 is 34.5 Å². The van der Waals surface area contributed by atoms with Gasteiger partial charge in [0.1, 0.15) is 0 Å². The van der Waals surface area contributed by atoms with Crippen LogP contribution in [0.25, 0.3) is 0 Å². The molecule has 0 fully saturated rings. The van der Waals surface area contributed by atoms with E-state index >= 15 is 0 Å². The first-order valence-electron chi connectivity index (χ1n) is 5.11. The van der Waals surface area contributed by atoms with Crippen LogP contribution in [0.5, 0.6) is 0 Å². The highest BCUT2D eigenvalue weighted by molar-refractivity contribution is 7.20. The Kier molecular flexibility index (Phi) is 5.08. The Morgan fingerprint density at radius 3 is 2.56 bits per heavy atom. The van der Waals surface area contributed by atoms with E-state index in [4.69, 9.17) is 33.7 Å². The lowest BCUT2D eigenvalue weighted by molar-refractivity contribution is 0.0125. The van der Waals surface area contributed by atoms with E-state index in [-0.39, 0.29) is 11.6 Å². The minimum Gasteiger partial charge on any atom is -0.379 e. The molecule has 1 rings (SSSR count). The van der Waals surface area contributed by atoms with E-state index in [1.165, 1.54) is 11.3 Å². The van der Waals surface area contributed by atoms with Crippen molar-refractivity contribution in [2.24, 2.45) is 5.73 Å². The third-order valence-corrected chi connectivity index (χ3v) is 4.21. The smallest absolute Gasteiger partial charge is 0.0991 e. The molecule has 0 aliphatic rings. The van der Waals surface area contributed by atoms with Crippen LogP contribution in [0.4, 0.5) is 0 Å². The van der Waals surface area contributed by atoms with Crippen molar-refractivity contribution >= 4 is 34.5 Å². The monoisotopic (exact) mass is 281 g/mol. The first-order valence-corrected chi connectivity index (χ1v) is 6.68. The molecule has 0 spiro atoms. The van der Waals surface area contributed by atoms with Gasteiger partial charge in [-0.3, -0.25) is 0 Å². The molecule has 2 N–H and O–H groups in total. The molecule has 1 heterocycles. The molecule has 0 saturated carbocycles. The second kappa shape index (κ2) is 5.69. The molecular formula is C11H17Cl2NOS. The molecule has 1 aromatic heterocycles. The van der Waals surface area contributed by atoms with Crippen LogP contribution in [0.2, 0.25) is 8.67 Å². The Morgan fingerprint density at radius 2 is 2.12 bits per heavy atom. The fourth-order valence-electron chi connectivity index (χ4n) is 1.37. The van der Waals surface area contributed by atoms with Gasteiger partial charge in [-0.05, 0) is 38.3 Å². The van der Waals surface area contributed by atoms with E-state index in [2.05, 4.69) is 0 Å². The summed E-state index contributed by atoms with van der Waals surface area (Å²) in [7, 11) is 1.71. The molecule has 1 aromatic rings. The molecule has 0 aliphatic carbocycles. The van der Waals surface area contributed by atoms with Gasteiger partial charge in [0.25, 0.3) is 0 Å². The van der Waals surface area contributed by atoms with Crippen molar-refractivity contribution in [1.29, 1.82) is 0 Å². The molecule has 2 nitrogen and oxygen atoms in total. The molecule has 16 heavy (non-hydrogen) atoms. The summed E-state index contributed by atoms with van der Waals surface area (Å²) >= 11 is 13.3. The van der Waals surface area contributed by atoms with Gasteiger partial charge in [-0.15, -0.1) is 11.3 Å². The number of methoxy groups -OCH3 is 1. The standard InChI is InChI=1S/C11H17Cl2NOS/c1-11(2,15-3)5-4-8(14)7-6-9(12)16-10(7)13/h6,8H,4-5,14H2,1-3H3. The lowest BCUT2D eigenvalue weighted by Gasteiger charge is -2.24. The largest absolute Gasteiger partial charge is 0.379 e. The first kappa shape index (κ1) is 14.3. The summed E-state index contributed by atoms with van der Waals surface area (Å²) in [6.45, 7) is 4.09. The topological polar surface area (TPSA) is 35.2 Å². The van der Waals surface area contributed by atoms with Crippen molar-refractivity contribution in [3.05, 3.63) is 20.3 Å². The van der Waals surface area contributed by atoms with Crippen molar-refractivity contribution in [1.82, 2.24) is 0 Å². The third-order valence-electron chi connectivity index (χ3n) is 2.69. The average Bonchev–Trinajstić information content (AvgIpc) is 2.54. The van der Waals surface area contributed by atoms with Crippen molar-refractivity contribution in [3.8, 4) is 0 Å². The second-order valence-corrected chi connectivity index (χ2v) is 6.67. The van der Waals surface area contributed by atoms with Gasteiger partial charge in [0, 0.05) is 13.2 Å². The van der Waals surface area contributed by atoms with Gasteiger partial charge in [0.15, 0.2) is 0 Å². The Morgan fingerprint density at radius 1 is 1.50 bits per heavy atom. The van der Waals surface area contributed by atoms with Crippen molar-refractivity contribution in [2.75, 3.05) is 7.11 Å². The van der Waals surface area contributed by atoms with Crippen LogP contribution in [0.1, 0.15) is 38.3 Å². The van der Waals surface area contributed by atoms with Gasteiger partial charge in [-0.2, -0.15) is 0 Å². The van der Waals surface area contributed by atoms with Crippen molar-refractivity contribution < 1.29 is 4.74 Å². The lowest BCUT2D eigenvalue weighted by atomic mass is 9.97. The summed E-state index contributed by atoms with van der Waals surface area (Å²) in [4.78, 5) is 0. The zero-order valence-corrected chi connectivity index (χ0v) is 12.0.